The Labute approximate surface area is 129 Å². The Morgan fingerprint density at radius 3 is 2.95 bits per heavy atom. The van der Waals surface area contributed by atoms with Crippen molar-refractivity contribution in [3.63, 3.8) is 0 Å². The van der Waals surface area contributed by atoms with E-state index >= 15 is 0 Å². The predicted octanol–water partition coefficient (Wildman–Crippen LogP) is 2.66. The largest absolute Gasteiger partial charge is 0.356 e. The van der Waals surface area contributed by atoms with Gasteiger partial charge in [-0.05, 0) is 43.6 Å². The lowest BCUT2D eigenvalue weighted by atomic mass is 9.99. The summed E-state index contributed by atoms with van der Waals surface area (Å²) in [5.41, 5.74) is 0. The highest BCUT2D eigenvalue weighted by molar-refractivity contribution is 7.12. The Balaban J connectivity index is 1.83. The number of nitrogens with zero attached hydrogens (tertiary/aromatic N) is 1. The third kappa shape index (κ3) is 3.12. The molecule has 1 aromatic rings. The normalized spacial score (nSPS) is 27.0. The molecule has 1 N–H and O–H groups in total. The lowest BCUT2D eigenvalue weighted by Crippen LogP contribution is -2.48. The zero-order valence-corrected chi connectivity index (χ0v) is 13.0. The summed E-state index contributed by atoms with van der Waals surface area (Å²) >= 11 is 1.49. The maximum Gasteiger partial charge on any atom is 0.264 e. The van der Waals surface area contributed by atoms with Gasteiger partial charge >= 0.3 is 0 Å². The Morgan fingerprint density at radius 2 is 2.14 bits per heavy atom. The molecule has 3 rings (SSSR count). The molecule has 1 saturated heterocycles. The lowest BCUT2D eigenvalue weighted by Gasteiger charge is -2.33. The van der Waals surface area contributed by atoms with Crippen molar-refractivity contribution in [2.75, 3.05) is 13.1 Å². The van der Waals surface area contributed by atoms with Crippen LogP contribution in [0.2, 0.25) is 0 Å². The molecule has 0 bridgehead atoms. The first kappa shape index (κ1) is 14.6. The molecule has 0 aromatic carbocycles. The van der Waals surface area contributed by atoms with Gasteiger partial charge in [0.2, 0.25) is 5.91 Å². The topological polar surface area (TPSA) is 49.4 Å². The highest BCUT2D eigenvalue weighted by Gasteiger charge is 2.39. The van der Waals surface area contributed by atoms with Crippen molar-refractivity contribution in [1.82, 2.24) is 10.2 Å². The molecular formula is C16H22N2O2S. The fraction of sp³-hybridized carbons (Fsp3) is 0.625. The second-order valence-corrected chi connectivity index (χ2v) is 6.88. The monoisotopic (exact) mass is 306 g/mol. The summed E-state index contributed by atoms with van der Waals surface area (Å²) < 4.78 is 0. The molecule has 2 aliphatic rings. The smallest absolute Gasteiger partial charge is 0.264 e. The molecule has 2 atom stereocenters. The quantitative estimate of drug-likeness (QED) is 0.867. The number of hydrogen-bond donors (Lipinski definition) is 1. The van der Waals surface area contributed by atoms with Gasteiger partial charge in [-0.2, -0.15) is 0 Å². The van der Waals surface area contributed by atoms with Gasteiger partial charge in [-0.25, -0.2) is 0 Å². The summed E-state index contributed by atoms with van der Waals surface area (Å²) in [5.74, 6) is 0.227. The molecule has 0 spiro atoms. The summed E-state index contributed by atoms with van der Waals surface area (Å²) in [6, 6.07) is 3.88. The molecule has 1 aliphatic carbocycles. The highest BCUT2D eigenvalue weighted by atomic mass is 32.1. The Morgan fingerprint density at radius 1 is 1.24 bits per heavy atom. The lowest BCUT2D eigenvalue weighted by molar-refractivity contribution is -0.126. The van der Waals surface area contributed by atoms with Gasteiger partial charge in [-0.3, -0.25) is 9.59 Å². The highest BCUT2D eigenvalue weighted by Crippen LogP contribution is 2.32. The fourth-order valence-electron chi connectivity index (χ4n) is 3.51. The molecule has 1 aliphatic heterocycles. The number of carbonyl (C=O) groups is 2. The summed E-state index contributed by atoms with van der Waals surface area (Å²) in [7, 11) is 0. The predicted molar refractivity (Wildman–Crippen MR) is 83.3 cm³/mol. The van der Waals surface area contributed by atoms with Gasteiger partial charge in [0.15, 0.2) is 0 Å². The van der Waals surface area contributed by atoms with E-state index in [0.717, 1.165) is 56.5 Å². The minimum absolute atomic E-state index is 0.0213. The summed E-state index contributed by atoms with van der Waals surface area (Å²) in [4.78, 5) is 27.9. The first-order chi connectivity index (χ1) is 10.3. The zero-order valence-electron chi connectivity index (χ0n) is 12.2. The van der Waals surface area contributed by atoms with E-state index < -0.39 is 0 Å². The van der Waals surface area contributed by atoms with E-state index in [1.54, 1.807) is 0 Å². The molecule has 2 fully saturated rings. The van der Waals surface area contributed by atoms with Crippen molar-refractivity contribution < 1.29 is 9.59 Å². The van der Waals surface area contributed by atoms with E-state index in [1.807, 2.05) is 22.4 Å². The maximum absolute atomic E-state index is 12.8. The van der Waals surface area contributed by atoms with Crippen molar-refractivity contribution in [1.29, 1.82) is 0 Å². The summed E-state index contributed by atoms with van der Waals surface area (Å²) in [6.45, 7) is 1.56. The molecule has 0 radical (unpaired) electrons. The molecule has 1 saturated carbocycles. The van der Waals surface area contributed by atoms with Crippen LogP contribution in [-0.4, -0.2) is 35.8 Å². The van der Waals surface area contributed by atoms with Gasteiger partial charge in [-0.15, -0.1) is 11.3 Å². The van der Waals surface area contributed by atoms with Crippen molar-refractivity contribution in [3.8, 4) is 0 Å². The van der Waals surface area contributed by atoms with Gasteiger partial charge in [-0.1, -0.05) is 12.5 Å². The Hall–Kier alpha value is -1.36. The van der Waals surface area contributed by atoms with Crippen LogP contribution in [0.4, 0.5) is 0 Å². The minimum Gasteiger partial charge on any atom is -0.356 e. The third-order valence-electron chi connectivity index (χ3n) is 4.58. The second kappa shape index (κ2) is 6.60. The van der Waals surface area contributed by atoms with E-state index in [9.17, 15) is 9.59 Å². The summed E-state index contributed by atoms with van der Waals surface area (Å²) in [5, 5.41) is 4.98. The molecular weight excluding hydrogens is 284 g/mol. The van der Waals surface area contributed by atoms with Crippen LogP contribution in [0.1, 0.15) is 48.2 Å². The van der Waals surface area contributed by atoms with Crippen LogP contribution in [0, 0.1) is 5.92 Å². The first-order valence-corrected chi connectivity index (χ1v) is 8.77. The number of carbonyl (C=O) groups excluding carboxylic acids is 2. The van der Waals surface area contributed by atoms with Gasteiger partial charge < -0.3 is 10.2 Å². The third-order valence-corrected chi connectivity index (χ3v) is 5.44. The van der Waals surface area contributed by atoms with Crippen LogP contribution in [0.5, 0.6) is 0 Å². The fourth-order valence-corrected chi connectivity index (χ4v) is 4.18. The van der Waals surface area contributed by atoms with Crippen LogP contribution in [0.25, 0.3) is 0 Å². The molecule has 2 heterocycles. The number of amides is 2. The van der Waals surface area contributed by atoms with Crippen molar-refractivity contribution >= 4 is 23.2 Å². The van der Waals surface area contributed by atoms with Crippen LogP contribution in [0.15, 0.2) is 17.5 Å². The SMILES string of the molecule is O=C1NCCCCCN(C(=O)c2cccs2)C2CCCC12. The number of hydrogen-bond acceptors (Lipinski definition) is 3. The van der Waals surface area contributed by atoms with Crippen molar-refractivity contribution in [2.24, 2.45) is 5.92 Å². The molecule has 114 valence electrons. The van der Waals surface area contributed by atoms with E-state index in [-0.39, 0.29) is 23.8 Å². The van der Waals surface area contributed by atoms with Crippen LogP contribution < -0.4 is 5.32 Å². The number of thiophene rings is 1. The molecule has 2 unspecified atom stereocenters. The molecule has 4 nitrogen and oxygen atoms in total. The van der Waals surface area contributed by atoms with Crippen LogP contribution >= 0.6 is 11.3 Å². The van der Waals surface area contributed by atoms with E-state index in [2.05, 4.69) is 5.32 Å². The maximum atomic E-state index is 12.8. The van der Waals surface area contributed by atoms with Gasteiger partial charge in [0.1, 0.15) is 0 Å². The zero-order chi connectivity index (χ0) is 14.7. The van der Waals surface area contributed by atoms with Gasteiger partial charge in [0, 0.05) is 19.1 Å². The molecule has 2 amide bonds. The Kier molecular flexibility index (Phi) is 4.58. The van der Waals surface area contributed by atoms with Gasteiger partial charge in [0.05, 0.1) is 10.8 Å². The number of nitrogens with one attached hydrogen (secondary N) is 1. The number of fused-ring (bicyclic) bond motifs is 1. The average Bonchev–Trinajstić information content (AvgIpc) is 3.16. The van der Waals surface area contributed by atoms with E-state index in [1.165, 1.54) is 11.3 Å². The molecule has 5 heteroatoms. The summed E-state index contributed by atoms with van der Waals surface area (Å²) in [6.07, 6.45) is 5.99. The second-order valence-electron chi connectivity index (χ2n) is 5.93. The minimum atomic E-state index is -0.0213. The van der Waals surface area contributed by atoms with Crippen molar-refractivity contribution in [3.05, 3.63) is 22.4 Å². The Bertz CT molecular complexity index is 500. The number of rotatable bonds is 1. The van der Waals surface area contributed by atoms with Gasteiger partial charge in [0.25, 0.3) is 5.91 Å². The average molecular weight is 306 g/mol. The van der Waals surface area contributed by atoms with E-state index in [0.29, 0.717) is 0 Å². The van der Waals surface area contributed by atoms with E-state index in [4.69, 9.17) is 0 Å². The molecule has 21 heavy (non-hydrogen) atoms. The van der Waals surface area contributed by atoms with Crippen LogP contribution in [0.3, 0.4) is 0 Å². The van der Waals surface area contributed by atoms with Crippen molar-refractivity contribution in [2.45, 2.75) is 44.6 Å². The first-order valence-electron chi connectivity index (χ1n) is 7.89. The van der Waals surface area contributed by atoms with Crippen LogP contribution in [-0.2, 0) is 4.79 Å². The molecule has 1 aromatic heterocycles. The standard InChI is InChI=1S/C16H22N2O2S/c19-15-12-6-4-7-13(12)18(10-3-1-2-9-17-15)16(20)14-8-5-11-21-14/h5,8,11-13H,1-4,6-7,9-10H2,(H,17,19).